The van der Waals surface area contributed by atoms with E-state index in [4.69, 9.17) is 4.74 Å². The van der Waals surface area contributed by atoms with Gasteiger partial charge in [0, 0.05) is 28.4 Å². The summed E-state index contributed by atoms with van der Waals surface area (Å²) in [5.41, 5.74) is 0.411. The Hall–Kier alpha value is -1.61. The van der Waals surface area contributed by atoms with Gasteiger partial charge in [0.2, 0.25) is 0 Å². The fraction of sp³-hybridized carbons (Fsp3) is 0.389. The lowest BCUT2D eigenvalue weighted by molar-refractivity contribution is -0.00382. The second kappa shape index (κ2) is 8.85. The van der Waals surface area contributed by atoms with Crippen LogP contribution in [0.5, 0.6) is 0 Å². The first-order chi connectivity index (χ1) is 12.6. The van der Waals surface area contributed by atoms with Gasteiger partial charge in [-0.25, -0.2) is 9.18 Å². The molecule has 0 bridgehead atoms. The third-order valence-corrected chi connectivity index (χ3v) is 6.00. The Kier molecular flexibility index (Phi) is 6.53. The number of halogens is 1. The van der Waals surface area contributed by atoms with Crippen LogP contribution in [-0.4, -0.2) is 48.1 Å². The number of morpholine rings is 1. The summed E-state index contributed by atoms with van der Waals surface area (Å²) in [4.78, 5) is 15.7. The zero-order valence-electron chi connectivity index (χ0n) is 14.4. The number of aliphatic hydroxyl groups is 1. The van der Waals surface area contributed by atoms with Crippen molar-refractivity contribution in [3.05, 3.63) is 46.4 Å². The van der Waals surface area contributed by atoms with Gasteiger partial charge in [-0.3, -0.25) is 0 Å². The summed E-state index contributed by atoms with van der Waals surface area (Å²) in [5, 5.41) is 15.0. The molecule has 1 fully saturated rings. The van der Waals surface area contributed by atoms with Crippen molar-refractivity contribution in [3.8, 4) is 0 Å². The van der Waals surface area contributed by atoms with Gasteiger partial charge in [0.05, 0.1) is 25.4 Å². The van der Waals surface area contributed by atoms with E-state index in [1.54, 1.807) is 23.3 Å². The van der Waals surface area contributed by atoms with Crippen molar-refractivity contribution >= 4 is 34.8 Å². The van der Waals surface area contributed by atoms with Crippen molar-refractivity contribution in [2.45, 2.75) is 23.5 Å². The van der Waals surface area contributed by atoms with Gasteiger partial charge in [-0.1, -0.05) is 6.07 Å². The highest BCUT2D eigenvalue weighted by atomic mass is 32.2. The number of nitrogens with one attached hydrogen (secondary N) is 1. The number of ether oxygens (including phenoxy) is 1. The molecule has 0 radical (unpaired) electrons. The SMILES string of the molecule is CSc1ccc(NC(=O)N2CCOCC2CC(O)c2cccs2)cc1F. The Morgan fingerprint density at radius 1 is 1.54 bits per heavy atom. The average molecular weight is 397 g/mol. The zero-order chi connectivity index (χ0) is 18.5. The number of nitrogens with zero attached hydrogens (tertiary/aromatic N) is 1. The molecule has 0 spiro atoms. The molecule has 2 amide bonds. The van der Waals surface area contributed by atoms with Crippen LogP contribution >= 0.6 is 23.1 Å². The fourth-order valence-electron chi connectivity index (χ4n) is 2.91. The summed E-state index contributed by atoms with van der Waals surface area (Å²) in [6.07, 6.45) is 1.55. The summed E-state index contributed by atoms with van der Waals surface area (Å²) in [6.45, 7) is 1.24. The standard InChI is InChI=1S/C18H21FN2O3S2/c1-25-16-5-4-12(9-14(16)19)20-18(23)21-6-7-24-11-13(21)10-15(22)17-3-2-8-26-17/h2-5,8-9,13,15,22H,6-7,10-11H2,1H3,(H,20,23). The number of hydrogen-bond acceptors (Lipinski definition) is 5. The van der Waals surface area contributed by atoms with Gasteiger partial charge in [0.1, 0.15) is 5.82 Å². The van der Waals surface area contributed by atoms with Crippen molar-refractivity contribution in [2.75, 3.05) is 31.3 Å². The molecule has 2 aromatic rings. The number of anilines is 1. The topological polar surface area (TPSA) is 61.8 Å². The summed E-state index contributed by atoms with van der Waals surface area (Å²) in [6, 6.07) is 7.86. The molecular formula is C18H21FN2O3S2. The molecule has 2 atom stereocenters. The molecule has 3 rings (SSSR count). The first-order valence-corrected chi connectivity index (χ1v) is 10.4. The zero-order valence-corrected chi connectivity index (χ0v) is 16.0. The molecule has 1 aromatic carbocycles. The monoisotopic (exact) mass is 396 g/mol. The van der Waals surface area contributed by atoms with E-state index >= 15 is 0 Å². The van der Waals surface area contributed by atoms with E-state index in [2.05, 4.69) is 5.32 Å². The van der Waals surface area contributed by atoms with Crippen molar-refractivity contribution in [1.29, 1.82) is 0 Å². The average Bonchev–Trinajstić information content (AvgIpc) is 3.17. The van der Waals surface area contributed by atoms with E-state index in [1.165, 1.54) is 29.2 Å². The van der Waals surface area contributed by atoms with Crippen LogP contribution in [0.15, 0.2) is 40.6 Å². The van der Waals surface area contributed by atoms with Crippen LogP contribution in [0.2, 0.25) is 0 Å². The Morgan fingerprint density at radius 2 is 2.38 bits per heavy atom. The van der Waals surface area contributed by atoms with Crippen LogP contribution in [0.25, 0.3) is 0 Å². The van der Waals surface area contributed by atoms with E-state index in [1.807, 2.05) is 17.5 Å². The summed E-state index contributed by atoms with van der Waals surface area (Å²) in [7, 11) is 0. The lowest BCUT2D eigenvalue weighted by Crippen LogP contribution is -2.50. The highest BCUT2D eigenvalue weighted by Gasteiger charge is 2.30. The summed E-state index contributed by atoms with van der Waals surface area (Å²) >= 11 is 2.80. The molecule has 1 aliphatic heterocycles. The number of carbonyl (C=O) groups is 1. The lowest BCUT2D eigenvalue weighted by Gasteiger charge is -2.36. The fourth-order valence-corrected chi connectivity index (χ4v) is 4.09. The predicted molar refractivity (Wildman–Crippen MR) is 102 cm³/mol. The molecule has 1 aromatic heterocycles. The van der Waals surface area contributed by atoms with E-state index < -0.39 is 6.10 Å². The van der Waals surface area contributed by atoms with E-state index in [0.717, 1.165) is 4.88 Å². The van der Waals surface area contributed by atoms with Gasteiger partial charge in [-0.05, 0) is 35.9 Å². The highest BCUT2D eigenvalue weighted by Crippen LogP contribution is 2.27. The second-order valence-electron chi connectivity index (χ2n) is 5.97. The Balaban J connectivity index is 1.66. The van der Waals surface area contributed by atoms with Gasteiger partial charge in [0.15, 0.2) is 0 Å². The number of benzene rings is 1. The lowest BCUT2D eigenvalue weighted by atomic mass is 10.1. The van der Waals surface area contributed by atoms with Crippen molar-refractivity contribution < 1.29 is 19.0 Å². The molecule has 0 saturated carbocycles. The number of hydrogen-bond donors (Lipinski definition) is 2. The van der Waals surface area contributed by atoms with Crippen LogP contribution in [-0.2, 0) is 4.74 Å². The van der Waals surface area contributed by atoms with Gasteiger partial charge in [-0.15, -0.1) is 23.1 Å². The van der Waals surface area contributed by atoms with Crippen molar-refractivity contribution in [2.24, 2.45) is 0 Å². The third kappa shape index (κ3) is 4.56. The maximum atomic E-state index is 13.9. The van der Waals surface area contributed by atoms with Crippen LogP contribution in [0, 0.1) is 5.82 Å². The van der Waals surface area contributed by atoms with Gasteiger partial charge in [0.25, 0.3) is 0 Å². The Bertz CT molecular complexity index is 742. The number of carbonyl (C=O) groups excluding carboxylic acids is 1. The molecule has 140 valence electrons. The minimum absolute atomic E-state index is 0.240. The van der Waals surface area contributed by atoms with Crippen LogP contribution in [0.1, 0.15) is 17.4 Å². The van der Waals surface area contributed by atoms with Crippen molar-refractivity contribution in [1.82, 2.24) is 4.90 Å². The summed E-state index contributed by atoms with van der Waals surface area (Å²) in [5.74, 6) is -0.359. The first-order valence-electron chi connectivity index (χ1n) is 8.29. The normalized spacial score (nSPS) is 18.6. The molecule has 2 N–H and O–H groups in total. The number of amides is 2. The molecular weight excluding hydrogens is 375 g/mol. The molecule has 5 nitrogen and oxygen atoms in total. The largest absolute Gasteiger partial charge is 0.387 e. The maximum Gasteiger partial charge on any atom is 0.322 e. The molecule has 0 aliphatic carbocycles. The number of thiophene rings is 1. The van der Waals surface area contributed by atoms with Gasteiger partial charge < -0.3 is 20.1 Å². The minimum Gasteiger partial charge on any atom is -0.387 e. The van der Waals surface area contributed by atoms with E-state index in [-0.39, 0.29) is 17.9 Å². The summed E-state index contributed by atoms with van der Waals surface area (Å²) < 4.78 is 19.4. The van der Waals surface area contributed by atoms with E-state index in [9.17, 15) is 14.3 Å². The quantitative estimate of drug-likeness (QED) is 0.751. The number of urea groups is 1. The second-order valence-corrected chi connectivity index (χ2v) is 7.80. The van der Waals surface area contributed by atoms with Gasteiger partial charge in [-0.2, -0.15) is 0 Å². The Morgan fingerprint density at radius 3 is 3.08 bits per heavy atom. The van der Waals surface area contributed by atoms with Crippen LogP contribution in [0.4, 0.5) is 14.9 Å². The first kappa shape index (κ1) is 19.2. The van der Waals surface area contributed by atoms with E-state index in [0.29, 0.717) is 36.8 Å². The minimum atomic E-state index is -0.643. The van der Waals surface area contributed by atoms with Crippen LogP contribution in [0.3, 0.4) is 0 Å². The van der Waals surface area contributed by atoms with Crippen molar-refractivity contribution in [3.63, 3.8) is 0 Å². The number of thioether (sulfide) groups is 1. The van der Waals surface area contributed by atoms with Crippen LogP contribution < -0.4 is 5.32 Å². The maximum absolute atomic E-state index is 13.9. The molecule has 8 heteroatoms. The molecule has 26 heavy (non-hydrogen) atoms. The van der Waals surface area contributed by atoms with Gasteiger partial charge >= 0.3 is 6.03 Å². The molecule has 2 heterocycles. The number of aliphatic hydroxyl groups excluding tert-OH is 1. The Labute approximate surface area is 160 Å². The third-order valence-electron chi connectivity index (χ3n) is 4.26. The number of rotatable bonds is 5. The molecule has 1 saturated heterocycles. The molecule has 2 unspecified atom stereocenters. The molecule has 1 aliphatic rings. The smallest absolute Gasteiger partial charge is 0.322 e. The highest BCUT2D eigenvalue weighted by molar-refractivity contribution is 7.98. The predicted octanol–water partition coefficient (Wildman–Crippen LogP) is 3.97.